The number of aliphatic carboxylic acids is 2. The molecule has 5 fully saturated rings. The molecule has 5 aliphatic carbocycles. The summed E-state index contributed by atoms with van der Waals surface area (Å²) in [6.07, 6.45) is -5.72. The van der Waals surface area contributed by atoms with E-state index in [4.69, 9.17) is 9.47 Å². The minimum atomic E-state index is -1.91. The van der Waals surface area contributed by atoms with Gasteiger partial charge >= 0.3 is 11.9 Å². The van der Waals surface area contributed by atoms with Gasteiger partial charge < -0.3 is 50.3 Å². The SMILES string of the molecule is CC1(C)CC[C@]2(C(=O)O)CC[C@]3(C)C(=CC[C@@H]4[C@@]5(C)C[C@H](O)[C@H](O[C@@H]6O[C@H](C(=O)O)[C@@H](O)[C@H](O)[C@H]6O)[C@@](C)(CO)[C@@H]5[C@H](O)C[C@]43C)[C@@H]2C1. The van der Waals surface area contributed by atoms with Crippen molar-refractivity contribution in [2.75, 3.05) is 6.61 Å². The van der Waals surface area contributed by atoms with Crippen LogP contribution >= 0.6 is 0 Å². The fourth-order valence-corrected chi connectivity index (χ4v) is 12.5. The van der Waals surface area contributed by atoms with Gasteiger partial charge in [-0.2, -0.15) is 0 Å². The Bertz CT molecular complexity index is 1350. The third kappa shape index (κ3) is 4.76. The second-order valence-electron chi connectivity index (χ2n) is 18.1. The van der Waals surface area contributed by atoms with E-state index in [1.54, 1.807) is 6.92 Å². The first-order valence-corrected chi connectivity index (χ1v) is 17.6. The second-order valence-corrected chi connectivity index (χ2v) is 18.1. The molecule has 8 N–H and O–H groups in total. The van der Waals surface area contributed by atoms with E-state index in [1.807, 2.05) is 0 Å². The van der Waals surface area contributed by atoms with Crippen molar-refractivity contribution in [1.82, 2.24) is 0 Å². The lowest BCUT2D eigenvalue weighted by molar-refractivity contribution is -0.346. The van der Waals surface area contributed by atoms with Crippen molar-refractivity contribution in [2.45, 2.75) is 142 Å². The maximum atomic E-state index is 13.0. The zero-order valence-electron chi connectivity index (χ0n) is 29.0. The van der Waals surface area contributed by atoms with Crippen LogP contribution in [0.3, 0.4) is 0 Å². The predicted octanol–water partition coefficient (Wildman–Crippen LogP) is 2.06. The average Bonchev–Trinajstić information content (AvgIpc) is 2.98. The van der Waals surface area contributed by atoms with Gasteiger partial charge in [0.1, 0.15) is 18.3 Å². The number of carbonyl (C=O) groups is 2. The first kappa shape index (κ1) is 36.2. The molecule has 0 bridgehead atoms. The molecule has 12 heteroatoms. The number of aliphatic hydroxyl groups excluding tert-OH is 6. The van der Waals surface area contributed by atoms with Gasteiger partial charge in [-0.15, -0.1) is 0 Å². The fraction of sp³-hybridized carbons (Fsp3) is 0.889. The molecule has 0 spiro atoms. The molecular weight excluding hydrogens is 624 g/mol. The van der Waals surface area contributed by atoms with Crippen molar-refractivity contribution < 1.29 is 59.9 Å². The van der Waals surface area contributed by atoms with Gasteiger partial charge in [-0.3, -0.25) is 4.79 Å². The number of carboxylic acids is 2. The smallest absolute Gasteiger partial charge is 0.335 e. The van der Waals surface area contributed by atoms with Crippen molar-refractivity contribution >= 4 is 11.9 Å². The summed E-state index contributed by atoms with van der Waals surface area (Å²) >= 11 is 0. The zero-order valence-corrected chi connectivity index (χ0v) is 29.0. The van der Waals surface area contributed by atoms with Gasteiger partial charge in [-0.25, -0.2) is 4.79 Å². The van der Waals surface area contributed by atoms with Crippen LogP contribution in [0.25, 0.3) is 0 Å². The first-order chi connectivity index (χ1) is 22.1. The van der Waals surface area contributed by atoms with Gasteiger partial charge in [-0.05, 0) is 84.9 Å². The molecule has 48 heavy (non-hydrogen) atoms. The van der Waals surface area contributed by atoms with E-state index in [0.717, 1.165) is 12.8 Å². The molecule has 0 aromatic rings. The Morgan fingerprint density at radius 1 is 0.854 bits per heavy atom. The highest BCUT2D eigenvalue weighted by molar-refractivity contribution is 5.76. The van der Waals surface area contributed by atoms with Crippen LogP contribution in [0.2, 0.25) is 0 Å². The van der Waals surface area contributed by atoms with Crippen molar-refractivity contribution in [1.29, 1.82) is 0 Å². The quantitative estimate of drug-likeness (QED) is 0.155. The van der Waals surface area contributed by atoms with E-state index < -0.39 is 101 Å². The highest BCUT2D eigenvalue weighted by Crippen LogP contribution is 2.76. The van der Waals surface area contributed by atoms with E-state index >= 15 is 0 Å². The summed E-state index contributed by atoms with van der Waals surface area (Å²) in [5, 5.41) is 86.6. The normalized spacial score (nSPS) is 54.5. The molecular formula is C36H56O12. The number of carboxylic acid groups (broad SMARTS) is 2. The molecule has 6 aliphatic rings. The topological polar surface area (TPSA) is 214 Å². The number of rotatable bonds is 5. The largest absolute Gasteiger partial charge is 0.481 e. The second kappa shape index (κ2) is 11.4. The molecule has 4 saturated carbocycles. The maximum absolute atomic E-state index is 13.0. The lowest BCUT2D eigenvalue weighted by atomic mass is 9.33. The average molecular weight is 681 g/mol. The highest BCUT2D eigenvalue weighted by Gasteiger charge is 2.73. The summed E-state index contributed by atoms with van der Waals surface area (Å²) in [7, 11) is 0. The van der Waals surface area contributed by atoms with Crippen LogP contribution < -0.4 is 0 Å². The third-order valence-corrected chi connectivity index (χ3v) is 15.1. The molecule has 0 amide bonds. The van der Waals surface area contributed by atoms with E-state index in [-0.39, 0.29) is 23.7 Å². The Balaban J connectivity index is 1.37. The summed E-state index contributed by atoms with van der Waals surface area (Å²) < 4.78 is 11.5. The van der Waals surface area contributed by atoms with Gasteiger partial charge in [-0.1, -0.05) is 53.2 Å². The monoisotopic (exact) mass is 680 g/mol. The molecule has 0 radical (unpaired) electrons. The lowest BCUT2D eigenvalue weighted by Gasteiger charge is -2.72. The molecule has 6 rings (SSSR count). The van der Waals surface area contributed by atoms with Gasteiger partial charge in [0.05, 0.1) is 30.3 Å². The van der Waals surface area contributed by atoms with Gasteiger partial charge in [0.15, 0.2) is 12.4 Å². The fourth-order valence-electron chi connectivity index (χ4n) is 12.5. The minimum Gasteiger partial charge on any atom is -0.481 e. The van der Waals surface area contributed by atoms with Crippen molar-refractivity contribution in [2.24, 2.45) is 50.2 Å². The third-order valence-electron chi connectivity index (χ3n) is 15.1. The maximum Gasteiger partial charge on any atom is 0.335 e. The molecule has 272 valence electrons. The summed E-state index contributed by atoms with van der Waals surface area (Å²) in [6, 6.07) is 0. The first-order valence-electron chi connectivity index (χ1n) is 17.6. The summed E-state index contributed by atoms with van der Waals surface area (Å²) in [5.41, 5.74) is -2.49. The van der Waals surface area contributed by atoms with E-state index in [9.17, 15) is 50.4 Å². The van der Waals surface area contributed by atoms with Crippen LogP contribution in [0.1, 0.15) is 92.9 Å². The van der Waals surface area contributed by atoms with Crippen LogP contribution in [0.4, 0.5) is 0 Å². The van der Waals surface area contributed by atoms with Gasteiger partial charge in [0.2, 0.25) is 0 Å². The molecule has 1 aliphatic heterocycles. The number of allylic oxidation sites excluding steroid dienone is 2. The number of fused-ring (bicyclic) bond motifs is 7. The number of ether oxygens (including phenoxy) is 2. The van der Waals surface area contributed by atoms with Crippen LogP contribution in [-0.2, 0) is 19.1 Å². The number of aliphatic hydroxyl groups is 6. The Hall–Kier alpha value is -1.64. The molecule has 1 saturated heterocycles. The summed E-state index contributed by atoms with van der Waals surface area (Å²) in [4.78, 5) is 24.7. The standard InChI is InChI=1S/C36H56O12/c1-31(2)9-11-36(30(45)46)12-10-34(5)17(18(36)13-31)7-8-21-32(3)14-20(39)27(33(4,16-37)26(32)19(38)15-35(21,34)6)48-29-24(42)22(40)23(41)25(47-29)28(43)44/h7,18-27,29,37-42H,8-16H2,1-6H3,(H,43,44)(H,45,46)/t18-,19+,20-,21+,22-,23-,24+,25-,26+,27-,29-,32+,33-,34+,35+,36-/m0/s1. The van der Waals surface area contributed by atoms with Crippen molar-refractivity contribution in [3.63, 3.8) is 0 Å². The van der Waals surface area contributed by atoms with Crippen LogP contribution in [0, 0.1) is 50.2 Å². The predicted molar refractivity (Wildman–Crippen MR) is 170 cm³/mol. The summed E-state index contributed by atoms with van der Waals surface area (Å²) in [6.45, 7) is 12.1. The Morgan fingerprint density at radius 3 is 2.10 bits per heavy atom. The van der Waals surface area contributed by atoms with Gasteiger partial charge in [0.25, 0.3) is 0 Å². The van der Waals surface area contributed by atoms with Crippen LogP contribution in [0.5, 0.6) is 0 Å². The molecule has 16 atom stereocenters. The van der Waals surface area contributed by atoms with Crippen LogP contribution in [-0.4, -0.2) is 108 Å². The minimum absolute atomic E-state index is 0.00326. The number of hydrogen-bond donors (Lipinski definition) is 8. The molecule has 0 aromatic heterocycles. The molecule has 12 nitrogen and oxygen atoms in total. The van der Waals surface area contributed by atoms with E-state index in [1.165, 1.54) is 5.57 Å². The van der Waals surface area contributed by atoms with Crippen molar-refractivity contribution in [3.8, 4) is 0 Å². The van der Waals surface area contributed by atoms with Gasteiger partial charge in [0, 0.05) is 11.3 Å². The molecule has 0 aromatic carbocycles. The van der Waals surface area contributed by atoms with Crippen molar-refractivity contribution in [3.05, 3.63) is 11.6 Å². The van der Waals surface area contributed by atoms with E-state index in [0.29, 0.717) is 32.1 Å². The Kier molecular flexibility index (Phi) is 8.61. The highest BCUT2D eigenvalue weighted by atomic mass is 16.7. The zero-order chi connectivity index (χ0) is 35.6. The van der Waals surface area contributed by atoms with Crippen LogP contribution in [0.15, 0.2) is 11.6 Å². The van der Waals surface area contributed by atoms with E-state index in [2.05, 4.69) is 40.7 Å². The molecule has 1 heterocycles. The lowest BCUT2D eigenvalue weighted by Crippen LogP contribution is -2.72. The number of hydrogen-bond acceptors (Lipinski definition) is 10. The summed E-state index contributed by atoms with van der Waals surface area (Å²) in [5.74, 6) is -3.04. The Morgan fingerprint density at radius 2 is 1.50 bits per heavy atom. The Labute approximate surface area is 282 Å². The molecule has 0 unspecified atom stereocenters.